The van der Waals surface area contributed by atoms with Crippen molar-refractivity contribution in [3.63, 3.8) is 0 Å². The van der Waals surface area contributed by atoms with Gasteiger partial charge < -0.3 is 15.2 Å². The van der Waals surface area contributed by atoms with Crippen LogP contribution in [0.1, 0.15) is 42.5 Å². The monoisotopic (exact) mass is 339 g/mol. The lowest BCUT2D eigenvalue weighted by molar-refractivity contribution is 0.0679. The minimum Gasteiger partial charge on any atom is -0.491 e. The molecule has 5 nitrogen and oxygen atoms in total. The molecule has 3 atom stereocenters. The van der Waals surface area contributed by atoms with Crippen LogP contribution in [0.25, 0.3) is 0 Å². The largest absolute Gasteiger partial charge is 0.491 e. The summed E-state index contributed by atoms with van der Waals surface area (Å²) in [6.07, 6.45) is 3.47. The maximum absolute atomic E-state index is 5.89. The van der Waals surface area contributed by atoms with Gasteiger partial charge in [-0.1, -0.05) is 24.3 Å². The van der Waals surface area contributed by atoms with Crippen molar-refractivity contribution in [3.8, 4) is 5.75 Å². The number of nitrogen functional groups attached to an aromatic ring is 1. The van der Waals surface area contributed by atoms with Crippen molar-refractivity contribution < 1.29 is 9.47 Å². The first-order valence-electron chi connectivity index (χ1n) is 8.99. The first-order chi connectivity index (χ1) is 12.3. The van der Waals surface area contributed by atoms with Crippen molar-refractivity contribution in [2.24, 2.45) is 0 Å². The van der Waals surface area contributed by atoms with Crippen LogP contribution in [0, 0.1) is 0 Å². The van der Waals surface area contributed by atoms with Gasteiger partial charge in [-0.3, -0.25) is 0 Å². The Balaban J connectivity index is 1.34. The molecule has 0 bridgehead atoms. The molecule has 0 saturated carbocycles. The summed E-state index contributed by atoms with van der Waals surface area (Å²) in [5.41, 5.74) is 15.9. The molecule has 0 spiro atoms. The summed E-state index contributed by atoms with van der Waals surface area (Å²) in [6.45, 7) is 1.50. The molecule has 0 amide bonds. The van der Waals surface area contributed by atoms with E-state index in [2.05, 4.69) is 29.1 Å². The lowest BCUT2D eigenvalue weighted by Crippen LogP contribution is -2.26. The second-order valence-corrected chi connectivity index (χ2v) is 6.81. The maximum atomic E-state index is 5.89. The molecule has 25 heavy (non-hydrogen) atoms. The smallest absolute Gasteiger partial charge is 0.119 e. The average molecular weight is 339 g/mol. The summed E-state index contributed by atoms with van der Waals surface area (Å²) < 4.78 is 11.4. The van der Waals surface area contributed by atoms with Crippen LogP contribution in [0.3, 0.4) is 0 Å². The summed E-state index contributed by atoms with van der Waals surface area (Å²) in [7, 11) is 0. The molecule has 2 aromatic carbocycles. The highest BCUT2D eigenvalue weighted by atomic mass is 16.5. The summed E-state index contributed by atoms with van der Waals surface area (Å²) in [5.74, 6) is 0.901. The Kier molecular flexibility index (Phi) is 4.88. The molecule has 0 radical (unpaired) electrons. The molecule has 5 heteroatoms. The summed E-state index contributed by atoms with van der Waals surface area (Å²) >= 11 is 0. The molecule has 0 aromatic heterocycles. The second-order valence-electron chi connectivity index (χ2n) is 6.81. The molecular weight excluding hydrogens is 314 g/mol. The fourth-order valence-electron chi connectivity index (χ4n) is 3.53. The standard InChI is InChI=1S/C20H25N3O2/c21-16-4-1-3-15(11-16)20-12-19(22-23-20)14-6-8-17(9-7-14)25-13-18-5-2-10-24-18/h1,3-4,6-9,11,18-20,22-23H,2,5,10,12-13,21H2. The minimum atomic E-state index is 0.249. The highest BCUT2D eigenvalue weighted by Gasteiger charge is 2.26. The molecule has 2 heterocycles. The predicted molar refractivity (Wildman–Crippen MR) is 98.1 cm³/mol. The van der Waals surface area contributed by atoms with Gasteiger partial charge >= 0.3 is 0 Å². The van der Waals surface area contributed by atoms with Crippen molar-refractivity contribution >= 4 is 5.69 Å². The van der Waals surface area contributed by atoms with Gasteiger partial charge in [0.2, 0.25) is 0 Å². The van der Waals surface area contributed by atoms with Gasteiger partial charge in [-0.2, -0.15) is 0 Å². The summed E-state index contributed by atoms with van der Waals surface area (Å²) in [6, 6.07) is 16.9. The quantitative estimate of drug-likeness (QED) is 0.730. The third-order valence-electron chi connectivity index (χ3n) is 4.96. The first-order valence-corrected chi connectivity index (χ1v) is 8.99. The van der Waals surface area contributed by atoms with Crippen LogP contribution in [-0.4, -0.2) is 19.3 Å². The van der Waals surface area contributed by atoms with Gasteiger partial charge in [0, 0.05) is 24.4 Å². The van der Waals surface area contributed by atoms with Gasteiger partial charge in [-0.15, -0.1) is 0 Å². The van der Waals surface area contributed by atoms with Crippen LogP contribution in [0.5, 0.6) is 5.75 Å². The third-order valence-corrected chi connectivity index (χ3v) is 4.96. The number of benzene rings is 2. The SMILES string of the molecule is Nc1cccc(C2CC(c3ccc(OCC4CCCO4)cc3)NN2)c1. The summed E-state index contributed by atoms with van der Waals surface area (Å²) in [4.78, 5) is 0. The Morgan fingerprint density at radius 3 is 2.56 bits per heavy atom. The first kappa shape index (κ1) is 16.4. The van der Waals surface area contributed by atoms with Crippen LogP contribution < -0.4 is 21.3 Å². The molecule has 4 rings (SSSR count). The van der Waals surface area contributed by atoms with Gasteiger partial charge in [0.15, 0.2) is 0 Å². The fraction of sp³-hybridized carbons (Fsp3) is 0.400. The van der Waals surface area contributed by atoms with E-state index >= 15 is 0 Å². The van der Waals surface area contributed by atoms with Crippen molar-refractivity contribution in [1.29, 1.82) is 0 Å². The molecule has 2 aliphatic heterocycles. The lowest BCUT2D eigenvalue weighted by atomic mass is 9.97. The van der Waals surface area contributed by atoms with Gasteiger partial charge in [0.25, 0.3) is 0 Å². The van der Waals surface area contributed by atoms with Gasteiger partial charge in [0.1, 0.15) is 12.4 Å². The molecule has 2 aliphatic rings. The number of ether oxygens (including phenoxy) is 2. The second kappa shape index (κ2) is 7.44. The van der Waals surface area contributed by atoms with Crippen molar-refractivity contribution in [2.45, 2.75) is 37.5 Å². The number of hydrazine groups is 1. The third kappa shape index (κ3) is 3.95. The van der Waals surface area contributed by atoms with Crippen molar-refractivity contribution in [1.82, 2.24) is 10.9 Å². The van der Waals surface area contributed by atoms with Crippen LogP contribution >= 0.6 is 0 Å². The number of hydrogen-bond donors (Lipinski definition) is 3. The zero-order valence-electron chi connectivity index (χ0n) is 14.3. The topological polar surface area (TPSA) is 68.5 Å². The molecule has 3 unspecified atom stereocenters. The van der Waals surface area contributed by atoms with E-state index in [9.17, 15) is 0 Å². The van der Waals surface area contributed by atoms with E-state index in [-0.39, 0.29) is 18.2 Å². The molecule has 4 N–H and O–H groups in total. The number of nitrogens with two attached hydrogens (primary N) is 1. The highest BCUT2D eigenvalue weighted by molar-refractivity contribution is 5.42. The molecule has 2 aromatic rings. The molecule has 132 valence electrons. The van der Waals surface area contributed by atoms with Gasteiger partial charge in [0.05, 0.1) is 6.10 Å². The predicted octanol–water partition coefficient (Wildman–Crippen LogP) is 3.11. The Hall–Kier alpha value is -2.08. The number of nitrogens with one attached hydrogen (secondary N) is 2. The van der Waals surface area contributed by atoms with Crippen LogP contribution in [0.15, 0.2) is 48.5 Å². The Labute approximate surface area is 148 Å². The molecule has 2 fully saturated rings. The van der Waals surface area contributed by atoms with Crippen LogP contribution in [0.2, 0.25) is 0 Å². The maximum Gasteiger partial charge on any atom is 0.119 e. The lowest BCUT2D eigenvalue weighted by Gasteiger charge is -2.13. The number of anilines is 1. The highest BCUT2D eigenvalue weighted by Crippen LogP contribution is 2.32. The van der Waals surface area contributed by atoms with E-state index in [4.69, 9.17) is 15.2 Å². The van der Waals surface area contributed by atoms with Crippen LogP contribution in [-0.2, 0) is 4.74 Å². The van der Waals surface area contributed by atoms with E-state index in [0.29, 0.717) is 6.61 Å². The Bertz CT molecular complexity index is 698. The van der Waals surface area contributed by atoms with Gasteiger partial charge in [-0.05, 0) is 54.7 Å². The van der Waals surface area contributed by atoms with E-state index in [1.54, 1.807) is 0 Å². The Morgan fingerprint density at radius 2 is 1.84 bits per heavy atom. The molecular formula is C20H25N3O2. The molecule has 2 saturated heterocycles. The van der Waals surface area contributed by atoms with E-state index in [1.165, 1.54) is 11.1 Å². The Morgan fingerprint density at radius 1 is 1.04 bits per heavy atom. The van der Waals surface area contributed by atoms with Crippen molar-refractivity contribution in [2.75, 3.05) is 18.9 Å². The van der Waals surface area contributed by atoms with Crippen molar-refractivity contribution in [3.05, 3.63) is 59.7 Å². The normalized spacial score (nSPS) is 26.0. The minimum absolute atomic E-state index is 0.249. The zero-order valence-corrected chi connectivity index (χ0v) is 14.3. The summed E-state index contributed by atoms with van der Waals surface area (Å²) in [5, 5.41) is 0. The van der Waals surface area contributed by atoms with E-state index in [0.717, 1.165) is 37.3 Å². The number of rotatable bonds is 5. The van der Waals surface area contributed by atoms with Gasteiger partial charge in [-0.25, -0.2) is 10.9 Å². The average Bonchev–Trinajstić information content (AvgIpc) is 3.32. The zero-order chi connectivity index (χ0) is 17.1. The molecule has 0 aliphatic carbocycles. The fourth-order valence-corrected chi connectivity index (χ4v) is 3.53. The number of hydrogen-bond acceptors (Lipinski definition) is 5. The van der Waals surface area contributed by atoms with Crippen LogP contribution in [0.4, 0.5) is 5.69 Å². The van der Waals surface area contributed by atoms with E-state index in [1.807, 2.05) is 30.3 Å². The van der Waals surface area contributed by atoms with E-state index < -0.39 is 0 Å².